The summed E-state index contributed by atoms with van der Waals surface area (Å²) in [5.41, 5.74) is -1.06. The first kappa shape index (κ1) is 12.3. The fraction of sp³-hybridized carbons (Fsp3) is 0.0833. The Balaban J connectivity index is 2.25. The molecule has 0 spiro atoms. The van der Waals surface area contributed by atoms with Crippen LogP contribution in [0.5, 0.6) is 11.6 Å². The Morgan fingerprint density at radius 2 is 1.72 bits per heavy atom. The summed E-state index contributed by atoms with van der Waals surface area (Å²) in [5, 5.41) is 0. The predicted molar refractivity (Wildman–Crippen MR) is 55.7 cm³/mol. The van der Waals surface area contributed by atoms with Crippen molar-refractivity contribution in [3.8, 4) is 11.6 Å². The summed E-state index contributed by atoms with van der Waals surface area (Å²) in [6.45, 7) is 0. The maximum atomic E-state index is 12.9. The molecule has 18 heavy (non-hydrogen) atoms. The molecule has 0 bridgehead atoms. The van der Waals surface area contributed by atoms with Gasteiger partial charge in [-0.2, -0.15) is 13.2 Å². The van der Waals surface area contributed by atoms with E-state index in [1.807, 2.05) is 0 Å². The molecule has 0 unspecified atom stereocenters. The first-order chi connectivity index (χ1) is 8.45. The molecule has 2 rings (SSSR count). The number of hydrogen-bond acceptors (Lipinski definition) is 2. The lowest BCUT2D eigenvalue weighted by Crippen LogP contribution is -2.07. The summed E-state index contributed by atoms with van der Waals surface area (Å²) >= 11 is 0. The van der Waals surface area contributed by atoms with Gasteiger partial charge in [-0.15, -0.1) is 0 Å². The SMILES string of the molecule is Fc1cccc(Oc2cccc(C(F)(F)F)n2)c1. The summed E-state index contributed by atoms with van der Waals surface area (Å²) in [5.74, 6) is -0.697. The third kappa shape index (κ3) is 2.97. The quantitative estimate of drug-likeness (QED) is 0.758. The van der Waals surface area contributed by atoms with Crippen molar-refractivity contribution < 1.29 is 22.3 Å². The second kappa shape index (κ2) is 4.64. The lowest BCUT2D eigenvalue weighted by molar-refractivity contribution is -0.141. The van der Waals surface area contributed by atoms with Gasteiger partial charge in [0, 0.05) is 12.1 Å². The van der Waals surface area contributed by atoms with Gasteiger partial charge in [-0.05, 0) is 18.2 Å². The zero-order valence-corrected chi connectivity index (χ0v) is 8.91. The van der Waals surface area contributed by atoms with Gasteiger partial charge >= 0.3 is 6.18 Å². The number of nitrogens with zero attached hydrogens (tertiary/aromatic N) is 1. The van der Waals surface area contributed by atoms with Crippen molar-refractivity contribution in [2.75, 3.05) is 0 Å². The van der Waals surface area contributed by atoms with E-state index >= 15 is 0 Å². The molecule has 2 aromatic rings. The highest BCUT2D eigenvalue weighted by Gasteiger charge is 2.32. The predicted octanol–water partition coefficient (Wildman–Crippen LogP) is 4.03. The highest BCUT2D eigenvalue weighted by Crippen LogP contribution is 2.29. The number of hydrogen-bond donors (Lipinski definition) is 0. The number of pyridine rings is 1. The number of benzene rings is 1. The fourth-order valence-corrected chi connectivity index (χ4v) is 1.28. The lowest BCUT2D eigenvalue weighted by atomic mass is 10.3. The van der Waals surface area contributed by atoms with Crippen LogP contribution in [-0.2, 0) is 6.18 Å². The van der Waals surface area contributed by atoms with Crippen LogP contribution in [0, 0.1) is 5.82 Å². The number of halogens is 4. The van der Waals surface area contributed by atoms with E-state index in [1.165, 1.54) is 30.3 Å². The summed E-state index contributed by atoms with van der Waals surface area (Å²) < 4.78 is 55.1. The Kier molecular flexibility index (Phi) is 3.18. The molecule has 94 valence electrons. The Hall–Kier alpha value is -2.11. The van der Waals surface area contributed by atoms with Gasteiger partial charge in [0.2, 0.25) is 5.88 Å². The van der Waals surface area contributed by atoms with Crippen molar-refractivity contribution in [2.24, 2.45) is 0 Å². The monoisotopic (exact) mass is 257 g/mol. The molecule has 0 fully saturated rings. The van der Waals surface area contributed by atoms with E-state index in [4.69, 9.17) is 4.74 Å². The highest BCUT2D eigenvalue weighted by atomic mass is 19.4. The van der Waals surface area contributed by atoms with Gasteiger partial charge in [-0.1, -0.05) is 12.1 Å². The van der Waals surface area contributed by atoms with Gasteiger partial charge in [0.05, 0.1) is 0 Å². The van der Waals surface area contributed by atoms with E-state index in [2.05, 4.69) is 4.98 Å². The molecule has 0 aliphatic heterocycles. The molecule has 0 aliphatic rings. The van der Waals surface area contributed by atoms with Gasteiger partial charge in [0.15, 0.2) is 0 Å². The molecular formula is C12H7F4NO. The number of alkyl halides is 3. The maximum absolute atomic E-state index is 12.9. The molecule has 0 saturated carbocycles. The average molecular weight is 257 g/mol. The molecular weight excluding hydrogens is 250 g/mol. The summed E-state index contributed by atoms with van der Waals surface area (Å²) in [6.07, 6.45) is -4.54. The van der Waals surface area contributed by atoms with Gasteiger partial charge in [0.25, 0.3) is 0 Å². The standard InChI is InChI=1S/C12H7F4NO/c13-8-3-1-4-9(7-8)18-11-6-2-5-10(17-11)12(14,15)16/h1-7H. The Morgan fingerprint density at radius 3 is 2.39 bits per heavy atom. The number of rotatable bonds is 2. The normalized spacial score (nSPS) is 11.3. The van der Waals surface area contributed by atoms with Crippen molar-refractivity contribution in [1.29, 1.82) is 0 Å². The molecule has 1 heterocycles. The van der Waals surface area contributed by atoms with Gasteiger partial charge in [0.1, 0.15) is 17.3 Å². The van der Waals surface area contributed by atoms with Crippen LogP contribution >= 0.6 is 0 Å². The third-order valence-corrected chi connectivity index (χ3v) is 2.03. The molecule has 0 saturated heterocycles. The van der Waals surface area contributed by atoms with Crippen LogP contribution < -0.4 is 4.74 Å². The minimum atomic E-state index is -4.54. The van der Waals surface area contributed by atoms with Gasteiger partial charge in [-0.25, -0.2) is 9.37 Å². The van der Waals surface area contributed by atoms with Crippen LogP contribution in [0.1, 0.15) is 5.69 Å². The number of aromatic nitrogens is 1. The molecule has 1 aromatic heterocycles. The molecule has 0 aliphatic carbocycles. The summed E-state index contributed by atoms with van der Waals surface area (Å²) in [4.78, 5) is 3.30. The lowest BCUT2D eigenvalue weighted by Gasteiger charge is -2.08. The Morgan fingerprint density at radius 1 is 1.00 bits per heavy atom. The van der Waals surface area contributed by atoms with Gasteiger partial charge < -0.3 is 4.74 Å². The molecule has 6 heteroatoms. The zero-order chi connectivity index (χ0) is 13.2. The first-order valence-corrected chi connectivity index (χ1v) is 4.93. The van der Waals surface area contributed by atoms with Crippen molar-refractivity contribution in [1.82, 2.24) is 4.98 Å². The first-order valence-electron chi connectivity index (χ1n) is 4.93. The van der Waals surface area contributed by atoms with Crippen LogP contribution in [-0.4, -0.2) is 4.98 Å². The molecule has 0 amide bonds. The molecule has 2 nitrogen and oxygen atoms in total. The van der Waals surface area contributed by atoms with Crippen LogP contribution in [0.15, 0.2) is 42.5 Å². The van der Waals surface area contributed by atoms with Crippen molar-refractivity contribution in [3.05, 3.63) is 54.0 Å². The van der Waals surface area contributed by atoms with E-state index in [1.54, 1.807) is 0 Å². The second-order valence-corrected chi connectivity index (χ2v) is 3.42. The van der Waals surface area contributed by atoms with E-state index < -0.39 is 17.7 Å². The molecule has 0 atom stereocenters. The summed E-state index contributed by atoms with van der Waals surface area (Å²) in [6, 6.07) is 8.33. The van der Waals surface area contributed by atoms with Crippen LogP contribution in [0.4, 0.5) is 17.6 Å². The topological polar surface area (TPSA) is 22.1 Å². The van der Waals surface area contributed by atoms with Crippen LogP contribution in [0.25, 0.3) is 0 Å². The molecule has 0 radical (unpaired) electrons. The minimum Gasteiger partial charge on any atom is -0.439 e. The van der Waals surface area contributed by atoms with Gasteiger partial charge in [-0.3, -0.25) is 0 Å². The second-order valence-electron chi connectivity index (χ2n) is 3.42. The Labute approximate surface area is 99.8 Å². The highest BCUT2D eigenvalue weighted by molar-refractivity contribution is 5.28. The minimum absolute atomic E-state index is 0.0850. The smallest absolute Gasteiger partial charge is 0.433 e. The summed E-state index contributed by atoms with van der Waals surface area (Å²) in [7, 11) is 0. The van der Waals surface area contributed by atoms with Crippen molar-refractivity contribution in [3.63, 3.8) is 0 Å². The van der Waals surface area contributed by atoms with Crippen molar-refractivity contribution >= 4 is 0 Å². The number of ether oxygens (including phenoxy) is 1. The van der Waals surface area contributed by atoms with E-state index in [9.17, 15) is 17.6 Å². The largest absolute Gasteiger partial charge is 0.439 e. The maximum Gasteiger partial charge on any atom is 0.433 e. The Bertz CT molecular complexity index is 554. The van der Waals surface area contributed by atoms with Crippen LogP contribution in [0.3, 0.4) is 0 Å². The third-order valence-electron chi connectivity index (χ3n) is 2.03. The fourth-order valence-electron chi connectivity index (χ4n) is 1.28. The molecule has 0 N–H and O–H groups in total. The van der Waals surface area contributed by atoms with Crippen LogP contribution in [0.2, 0.25) is 0 Å². The van der Waals surface area contributed by atoms with E-state index in [0.717, 1.165) is 12.1 Å². The molecule has 1 aromatic carbocycles. The van der Waals surface area contributed by atoms with E-state index in [0.29, 0.717) is 0 Å². The zero-order valence-electron chi connectivity index (χ0n) is 8.91. The average Bonchev–Trinajstić information content (AvgIpc) is 2.28. The van der Waals surface area contributed by atoms with E-state index in [-0.39, 0.29) is 11.6 Å². The van der Waals surface area contributed by atoms with Crippen molar-refractivity contribution in [2.45, 2.75) is 6.18 Å².